The van der Waals surface area contributed by atoms with Crippen LogP contribution in [0.1, 0.15) is 22.3 Å². The number of epoxide rings is 1. The summed E-state index contributed by atoms with van der Waals surface area (Å²) in [5, 5.41) is 89.2. The summed E-state index contributed by atoms with van der Waals surface area (Å²) in [6.07, 6.45) is -11.8. The van der Waals surface area contributed by atoms with Crippen LogP contribution in [-0.2, 0) is 19.8 Å². The maximum Gasteiger partial charge on any atom is 0.191 e. The van der Waals surface area contributed by atoms with Crippen molar-refractivity contribution in [1.29, 1.82) is 0 Å². The summed E-state index contributed by atoms with van der Waals surface area (Å²) < 4.78 is 16.4. The third-order valence-corrected chi connectivity index (χ3v) is 6.32. The Labute approximate surface area is 203 Å². The van der Waals surface area contributed by atoms with E-state index in [4.69, 9.17) is 14.2 Å². The summed E-state index contributed by atoms with van der Waals surface area (Å²) in [6.45, 7) is -0.742. The average molecular weight is 510 g/mol. The molecule has 0 saturated carbocycles. The Morgan fingerprint density at radius 2 is 1.50 bits per heavy atom. The molecule has 2 aromatic rings. The highest BCUT2D eigenvalue weighted by molar-refractivity contribution is 6.00. The maximum atomic E-state index is 13.4. The van der Waals surface area contributed by atoms with E-state index in [9.17, 15) is 50.8 Å². The standard InChI is InChI=1S/C23H26O13/c24-8-16-18(30)19(31)20(32)21(35-16)34-15(17(29)9-1-3-11(25)13(27)5-9)7-23(22(33)36-23)10-2-4-12(26)14(28)6-10/h1-6,15-16,18-22,24-28,30-33H,7-8H2/t15?,16-,18-,19+,20-,21-,22?,23?/m1/s1. The number of aromatic hydroxyl groups is 4. The quantitative estimate of drug-likeness (QED) is 0.112. The Kier molecular flexibility index (Phi) is 7.10. The van der Waals surface area contributed by atoms with Gasteiger partial charge in [-0.1, -0.05) is 6.07 Å². The summed E-state index contributed by atoms with van der Waals surface area (Å²) in [7, 11) is 0. The number of hydrogen-bond donors (Lipinski definition) is 9. The summed E-state index contributed by atoms with van der Waals surface area (Å²) in [5.74, 6) is -2.86. The van der Waals surface area contributed by atoms with Crippen molar-refractivity contribution in [2.24, 2.45) is 0 Å². The number of Topliss-reactive ketones (excluding diaryl/α,β-unsaturated/α-hetero) is 1. The highest BCUT2D eigenvalue weighted by Crippen LogP contribution is 2.51. The first-order valence-corrected chi connectivity index (χ1v) is 10.9. The Bertz CT molecular complexity index is 1120. The van der Waals surface area contributed by atoms with Gasteiger partial charge in [-0.2, -0.15) is 0 Å². The number of phenolic OH excluding ortho intramolecular Hbond substituents is 4. The van der Waals surface area contributed by atoms with Crippen LogP contribution in [0.5, 0.6) is 23.0 Å². The van der Waals surface area contributed by atoms with Crippen molar-refractivity contribution in [3.8, 4) is 23.0 Å². The van der Waals surface area contributed by atoms with Crippen molar-refractivity contribution >= 4 is 5.78 Å². The molecule has 2 heterocycles. The van der Waals surface area contributed by atoms with Crippen molar-refractivity contribution in [2.75, 3.05) is 6.61 Å². The van der Waals surface area contributed by atoms with Crippen LogP contribution >= 0.6 is 0 Å². The Balaban J connectivity index is 1.68. The molecule has 0 spiro atoms. The van der Waals surface area contributed by atoms with Crippen molar-refractivity contribution in [1.82, 2.24) is 0 Å². The van der Waals surface area contributed by atoms with E-state index in [1.54, 1.807) is 0 Å². The fourth-order valence-corrected chi connectivity index (χ4v) is 4.11. The first kappa shape index (κ1) is 26.1. The lowest BCUT2D eigenvalue weighted by atomic mass is 9.89. The van der Waals surface area contributed by atoms with Gasteiger partial charge >= 0.3 is 0 Å². The van der Waals surface area contributed by atoms with E-state index in [0.717, 1.165) is 24.3 Å². The van der Waals surface area contributed by atoms with Gasteiger partial charge in [0.15, 0.2) is 41.4 Å². The number of benzene rings is 2. The van der Waals surface area contributed by atoms with E-state index in [0.29, 0.717) is 0 Å². The molecule has 13 nitrogen and oxygen atoms in total. The highest BCUT2D eigenvalue weighted by atomic mass is 16.7. The van der Waals surface area contributed by atoms with Gasteiger partial charge in [0.2, 0.25) is 0 Å². The second-order valence-electron chi connectivity index (χ2n) is 8.66. The fraction of sp³-hybridized carbons (Fsp3) is 0.435. The molecule has 9 N–H and O–H groups in total. The zero-order valence-corrected chi connectivity index (χ0v) is 18.6. The number of rotatable bonds is 8. The second-order valence-corrected chi connectivity index (χ2v) is 8.66. The Morgan fingerprint density at radius 3 is 2.06 bits per heavy atom. The minimum atomic E-state index is -1.84. The van der Waals surface area contributed by atoms with E-state index in [1.165, 1.54) is 12.1 Å². The number of carbonyl (C=O) groups is 1. The maximum absolute atomic E-state index is 13.4. The summed E-state index contributed by atoms with van der Waals surface area (Å²) in [5.41, 5.74) is -1.56. The third-order valence-electron chi connectivity index (χ3n) is 6.32. The molecule has 0 radical (unpaired) electrons. The normalized spacial score (nSPS) is 32.7. The van der Waals surface area contributed by atoms with Gasteiger partial charge in [0, 0.05) is 12.0 Å². The first-order valence-electron chi connectivity index (χ1n) is 10.9. The monoisotopic (exact) mass is 510 g/mol. The summed E-state index contributed by atoms with van der Waals surface area (Å²) in [4.78, 5) is 13.4. The lowest BCUT2D eigenvalue weighted by molar-refractivity contribution is -0.307. The smallest absolute Gasteiger partial charge is 0.191 e. The molecule has 0 aliphatic carbocycles. The van der Waals surface area contributed by atoms with Crippen LogP contribution in [-0.4, -0.2) is 101 Å². The molecule has 2 aromatic carbocycles. The zero-order chi connectivity index (χ0) is 26.4. The van der Waals surface area contributed by atoms with Crippen LogP contribution in [0.3, 0.4) is 0 Å². The van der Waals surface area contributed by atoms with E-state index in [-0.39, 0.29) is 11.1 Å². The lowest BCUT2D eigenvalue weighted by Crippen LogP contribution is -2.60. The SMILES string of the molecule is O=C(c1ccc(O)c(O)c1)C(CC1(c2ccc(O)c(O)c2)OC1O)O[C@@H]1O[C@H](CO)[C@@H](O)[C@H](O)[C@H]1O. The number of ether oxygens (including phenoxy) is 3. The number of aliphatic hydroxyl groups is 5. The zero-order valence-electron chi connectivity index (χ0n) is 18.6. The second kappa shape index (κ2) is 9.80. The number of aliphatic hydroxyl groups excluding tert-OH is 5. The molecule has 2 fully saturated rings. The van der Waals surface area contributed by atoms with Crippen LogP contribution in [0.4, 0.5) is 0 Å². The minimum absolute atomic E-state index is 0.140. The largest absolute Gasteiger partial charge is 0.504 e. The number of phenols is 4. The molecular weight excluding hydrogens is 484 g/mol. The molecule has 8 atom stereocenters. The Hall–Kier alpha value is -3.01. The average Bonchev–Trinajstić information content (AvgIpc) is 3.51. The van der Waals surface area contributed by atoms with Crippen molar-refractivity contribution in [3.63, 3.8) is 0 Å². The van der Waals surface area contributed by atoms with E-state index in [2.05, 4.69) is 0 Å². The van der Waals surface area contributed by atoms with Gasteiger partial charge in [0.05, 0.1) is 6.61 Å². The van der Waals surface area contributed by atoms with Crippen molar-refractivity contribution in [3.05, 3.63) is 47.5 Å². The third kappa shape index (κ3) is 4.70. The van der Waals surface area contributed by atoms with Gasteiger partial charge in [-0.05, 0) is 35.9 Å². The molecule has 196 valence electrons. The summed E-state index contributed by atoms with van der Waals surface area (Å²) >= 11 is 0. The Morgan fingerprint density at radius 1 is 0.889 bits per heavy atom. The topological polar surface area (TPSA) is 230 Å². The predicted octanol–water partition coefficient (Wildman–Crippen LogP) is -1.49. The van der Waals surface area contributed by atoms with Gasteiger partial charge in [-0.15, -0.1) is 0 Å². The van der Waals surface area contributed by atoms with Crippen LogP contribution in [0, 0.1) is 0 Å². The molecule has 0 aromatic heterocycles. The number of ketones is 1. The van der Waals surface area contributed by atoms with Crippen molar-refractivity contribution < 1.29 is 65.0 Å². The van der Waals surface area contributed by atoms with Crippen LogP contribution in [0.25, 0.3) is 0 Å². The van der Waals surface area contributed by atoms with E-state index >= 15 is 0 Å². The van der Waals surface area contributed by atoms with Gasteiger partial charge in [-0.3, -0.25) is 4.79 Å². The lowest BCUT2D eigenvalue weighted by Gasteiger charge is -2.40. The first-order chi connectivity index (χ1) is 17.0. The molecule has 0 bridgehead atoms. The molecule has 4 rings (SSSR count). The molecule has 2 saturated heterocycles. The van der Waals surface area contributed by atoms with E-state index < -0.39 is 90.5 Å². The summed E-state index contributed by atoms with van der Waals surface area (Å²) in [6, 6.07) is 6.81. The van der Waals surface area contributed by atoms with E-state index in [1.807, 2.05) is 0 Å². The molecule has 2 aliphatic heterocycles. The van der Waals surface area contributed by atoms with Crippen molar-refractivity contribution in [2.45, 2.75) is 55.1 Å². The van der Waals surface area contributed by atoms with Crippen LogP contribution < -0.4 is 0 Å². The molecule has 2 aliphatic rings. The molecule has 0 amide bonds. The van der Waals surface area contributed by atoms with Crippen LogP contribution in [0.15, 0.2) is 36.4 Å². The molecule has 36 heavy (non-hydrogen) atoms. The van der Waals surface area contributed by atoms with Gasteiger partial charge in [0.1, 0.15) is 36.1 Å². The van der Waals surface area contributed by atoms with Gasteiger partial charge in [0.25, 0.3) is 0 Å². The van der Waals surface area contributed by atoms with Gasteiger partial charge in [-0.25, -0.2) is 0 Å². The fourth-order valence-electron chi connectivity index (χ4n) is 4.11. The molecule has 13 heteroatoms. The van der Waals surface area contributed by atoms with Crippen LogP contribution in [0.2, 0.25) is 0 Å². The minimum Gasteiger partial charge on any atom is -0.504 e. The number of carbonyl (C=O) groups excluding carboxylic acids is 1. The molecular formula is C23H26O13. The predicted molar refractivity (Wildman–Crippen MR) is 116 cm³/mol. The molecule has 3 unspecified atom stereocenters. The number of hydrogen-bond acceptors (Lipinski definition) is 13. The highest BCUT2D eigenvalue weighted by Gasteiger charge is 2.60. The van der Waals surface area contributed by atoms with Gasteiger partial charge < -0.3 is 60.2 Å².